The van der Waals surface area contributed by atoms with Crippen LogP contribution in [0.3, 0.4) is 0 Å². The zero-order chi connectivity index (χ0) is 19.4. The van der Waals surface area contributed by atoms with Gasteiger partial charge in [-0.05, 0) is 38.4 Å². The van der Waals surface area contributed by atoms with Gasteiger partial charge in [-0.1, -0.05) is 5.16 Å². The number of aromatic carboxylic acids is 1. The highest BCUT2D eigenvalue weighted by atomic mass is 16.5. The van der Waals surface area contributed by atoms with Gasteiger partial charge in [-0.2, -0.15) is 0 Å². The van der Waals surface area contributed by atoms with Crippen molar-refractivity contribution in [2.45, 2.75) is 0 Å². The van der Waals surface area contributed by atoms with E-state index in [1.807, 2.05) is 19.0 Å². The van der Waals surface area contributed by atoms with Crippen molar-refractivity contribution in [1.29, 1.82) is 0 Å². The molecule has 1 fully saturated rings. The molecule has 2 heterocycles. The molecule has 0 aliphatic carbocycles. The number of ether oxygens (including phenoxy) is 2. The minimum atomic E-state index is -1.06. The summed E-state index contributed by atoms with van der Waals surface area (Å²) < 4.78 is 16.3. The van der Waals surface area contributed by atoms with Crippen molar-refractivity contribution < 1.29 is 23.9 Å². The molecule has 1 aliphatic heterocycles. The zero-order valence-corrected chi connectivity index (χ0v) is 15.8. The van der Waals surface area contributed by atoms with Crippen LogP contribution in [0.2, 0.25) is 0 Å². The minimum absolute atomic E-state index is 0.0747. The number of hydrogen-bond donors (Lipinski definition) is 1. The second-order valence-electron chi connectivity index (χ2n) is 6.89. The number of anilines is 1. The van der Waals surface area contributed by atoms with Crippen molar-refractivity contribution in [2.75, 3.05) is 59.0 Å². The van der Waals surface area contributed by atoms with E-state index in [9.17, 15) is 9.90 Å². The monoisotopic (exact) mass is 375 g/mol. The third-order valence-corrected chi connectivity index (χ3v) is 4.50. The van der Waals surface area contributed by atoms with Gasteiger partial charge in [-0.15, -0.1) is 0 Å². The fourth-order valence-corrected chi connectivity index (χ4v) is 3.33. The van der Waals surface area contributed by atoms with E-state index in [0.29, 0.717) is 43.4 Å². The lowest BCUT2D eigenvalue weighted by atomic mass is 10.1. The Balaban J connectivity index is 1.93. The molecule has 1 aliphatic rings. The van der Waals surface area contributed by atoms with Crippen molar-refractivity contribution in [3.05, 3.63) is 29.8 Å². The van der Waals surface area contributed by atoms with Crippen molar-refractivity contribution in [3.63, 3.8) is 0 Å². The van der Waals surface area contributed by atoms with Gasteiger partial charge in [0.1, 0.15) is 5.75 Å². The van der Waals surface area contributed by atoms with Crippen LogP contribution in [-0.2, 0) is 4.74 Å². The van der Waals surface area contributed by atoms with Crippen LogP contribution < -0.4 is 9.64 Å². The molecule has 0 spiro atoms. The minimum Gasteiger partial charge on any atom is -0.497 e. The van der Waals surface area contributed by atoms with E-state index < -0.39 is 5.97 Å². The predicted molar refractivity (Wildman–Crippen MR) is 101 cm³/mol. The molecule has 1 atom stereocenters. The van der Waals surface area contributed by atoms with Gasteiger partial charge in [-0.3, -0.25) is 0 Å². The van der Waals surface area contributed by atoms with Gasteiger partial charge in [0, 0.05) is 31.1 Å². The van der Waals surface area contributed by atoms with Gasteiger partial charge in [0.25, 0.3) is 0 Å². The van der Waals surface area contributed by atoms with Crippen LogP contribution in [0.5, 0.6) is 5.75 Å². The molecule has 1 N–H and O–H groups in total. The Morgan fingerprint density at radius 3 is 2.74 bits per heavy atom. The Labute approximate surface area is 158 Å². The van der Waals surface area contributed by atoms with Gasteiger partial charge in [-0.25, -0.2) is 4.79 Å². The first-order valence-corrected chi connectivity index (χ1v) is 8.84. The van der Waals surface area contributed by atoms with Gasteiger partial charge in [0.15, 0.2) is 17.1 Å². The summed E-state index contributed by atoms with van der Waals surface area (Å²) in [5.74, 6) is 0.472. The van der Waals surface area contributed by atoms with Crippen LogP contribution in [0, 0.1) is 5.92 Å². The third-order valence-electron chi connectivity index (χ3n) is 4.50. The number of methoxy groups -OCH3 is 1. The number of hydrogen-bond acceptors (Lipinski definition) is 7. The van der Waals surface area contributed by atoms with E-state index in [-0.39, 0.29) is 17.2 Å². The molecule has 0 bridgehead atoms. The van der Waals surface area contributed by atoms with Crippen molar-refractivity contribution in [2.24, 2.45) is 5.92 Å². The summed E-state index contributed by atoms with van der Waals surface area (Å²) in [5, 5.41) is 13.9. The van der Waals surface area contributed by atoms with E-state index in [1.54, 1.807) is 31.4 Å². The number of carboxylic acids is 1. The Kier molecular flexibility index (Phi) is 5.98. The molecule has 146 valence electrons. The summed E-state index contributed by atoms with van der Waals surface area (Å²) in [6.07, 6.45) is 0. The topological polar surface area (TPSA) is 88.3 Å². The second-order valence-corrected chi connectivity index (χ2v) is 6.89. The zero-order valence-electron chi connectivity index (χ0n) is 15.8. The number of benzene rings is 1. The molecule has 0 amide bonds. The smallest absolute Gasteiger partial charge is 0.343 e. The average molecular weight is 375 g/mol. The van der Waals surface area contributed by atoms with E-state index >= 15 is 0 Å². The van der Waals surface area contributed by atoms with Crippen LogP contribution in [0.15, 0.2) is 28.8 Å². The summed E-state index contributed by atoms with van der Waals surface area (Å²) in [5.41, 5.74) is 0.716. The van der Waals surface area contributed by atoms with Crippen LogP contribution in [0.1, 0.15) is 10.4 Å². The first kappa shape index (κ1) is 19.2. The molecule has 1 unspecified atom stereocenters. The SMILES string of the molecule is COc1ccc(-c2onc(N3CCOCC(CN(C)C)C3)c2C(=O)O)cc1. The van der Waals surface area contributed by atoms with Crippen molar-refractivity contribution in [1.82, 2.24) is 10.1 Å². The normalized spacial score (nSPS) is 17.8. The molecular formula is C19H25N3O5. The van der Waals surface area contributed by atoms with Crippen LogP contribution in [-0.4, -0.2) is 75.2 Å². The first-order chi connectivity index (χ1) is 13.0. The third kappa shape index (κ3) is 4.40. The van der Waals surface area contributed by atoms with E-state index in [1.165, 1.54) is 0 Å². The molecule has 1 aromatic heterocycles. The first-order valence-electron chi connectivity index (χ1n) is 8.84. The number of nitrogens with zero attached hydrogens (tertiary/aromatic N) is 3. The van der Waals surface area contributed by atoms with Crippen LogP contribution in [0.25, 0.3) is 11.3 Å². The highest BCUT2D eigenvalue weighted by Crippen LogP contribution is 2.33. The highest BCUT2D eigenvalue weighted by Gasteiger charge is 2.30. The van der Waals surface area contributed by atoms with Crippen molar-refractivity contribution >= 4 is 11.8 Å². The Morgan fingerprint density at radius 1 is 1.37 bits per heavy atom. The molecule has 8 heteroatoms. The van der Waals surface area contributed by atoms with E-state index in [4.69, 9.17) is 14.0 Å². The highest BCUT2D eigenvalue weighted by molar-refractivity contribution is 5.99. The second kappa shape index (κ2) is 8.41. The summed E-state index contributed by atoms with van der Waals surface area (Å²) in [4.78, 5) is 16.0. The molecule has 27 heavy (non-hydrogen) atoms. The van der Waals surface area contributed by atoms with Crippen molar-refractivity contribution in [3.8, 4) is 17.1 Å². The van der Waals surface area contributed by atoms with Gasteiger partial charge in [0.05, 0.1) is 20.3 Å². The molecule has 1 saturated heterocycles. The Bertz CT molecular complexity index is 772. The summed E-state index contributed by atoms with van der Waals surface area (Å²) in [6, 6.07) is 7.04. The average Bonchev–Trinajstić information content (AvgIpc) is 2.96. The van der Waals surface area contributed by atoms with Crippen LogP contribution >= 0.6 is 0 Å². The van der Waals surface area contributed by atoms with E-state index in [2.05, 4.69) is 10.1 Å². The maximum atomic E-state index is 12.0. The largest absolute Gasteiger partial charge is 0.497 e. The maximum Gasteiger partial charge on any atom is 0.343 e. The summed E-state index contributed by atoms with van der Waals surface area (Å²) in [7, 11) is 5.60. The van der Waals surface area contributed by atoms with Crippen LogP contribution in [0.4, 0.5) is 5.82 Å². The maximum absolute atomic E-state index is 12.0. The molecule has 8 nitrogen and oxygen atoms in total. The quantitative estimate of drug-likeness (QED) is 0.821. The molecule has 0 radical (unpaired) electrons. The Morgan fingerprint density at radius 2 is 2.11 bits per heavy atom. The molecule has 3 rings (SSSR count). The lowest BCUT2D eigenvalue weighted by Crippen LogP contribution is -2.35. The molecular weight excluding hydrogens is 350 g/mol. The fourth-order valence-electron chi connectivity index (χ4n) is 3.33. The predicted octanol–water partition coefficient (Wildman–Crippen LogP) is 2.06. The number of rotatable bonds is 6. The van der Waals surface area contributed by atoms with Gasteiger partial charge in [0.2, 0.25) is 0 Å². The molecule has 2 aromatic rings. The lowest BCUT2D eigenvalue weighted by Gasteiger charge is -2.25. The number of carbonyl (C=O) groups is 1. The Hall–Kier alpha value is -2.58. The summed E-state index contributed by atoms with van der Waals surface area (Å²) >= 11 is 0. The van der Waals surface area contributed by atoms with Gasteiger partial charge >= 0.3 is 5.97 Å². The summed E-state index contributed by atoms with van der Waals surface area (Å²) in [6.45, 7) is 3.24. The molecule has 1 aromatic carbocycles. The standard InChI is InChI=1S/C19H25N3O5/c1-21(2)10-13-11-22(8-9-26-12-13)18-16(19(23)24)17(27-20-18)14-4-6-15(25-3)7-5-14/h4-7,13H,8-12H2,1-3H3,(H,23,24). The number of aromatic nitrogens is 1. The molecule has 0 saturated carbocycles. The van der Waals surface area contributed by atoms with Gasteiger partial charge < -0.3 is 28.9 Å². The number of carboxylic acid groups (broad SMARTS) is 1. The lowest BCUT2D eigenvalue weighted by molar-refractivity contribution is 0.0697. The van der Waals surface area contributed by atoms with E-state index in [0.717, 1.165) is 6.54 Å². The fraction of sp³-hybridized carbons (Fsp3) is 0.474.